The number of piperidine rings is 1. The van der Waals surface area contributed by atoms with Crippen LogP contribution < -0.4 is 16.4 Å². The molecule has 0 aromatic rings. The SMILES string of the molecule is CCNC(=NCCNC(=O)C(C)C)N1CCCC(CC(N)=O)C1. The summed E-state index contributed by atoms with van der Waals surface area (Å²) in [6.07, 6.45) is 2.50. The number of carbonyl (C=O) groups excluding carboxylic acids is 2. The Bertz CT molecular complexity index is 423. The van der Waals surface area contributed by atoms with Crippen LogP contribution in [-0.2, 0) is 9.59 Å². The van der Waals surface area contributed by atoms with E-state index in [1.807, 2.05) is 20.8 Å². The lowest BCUT2D eigenvalue weighted by Gasteiger charge is -2.34. The number of nitrogens with one attached hydrogen (secondary N) is 2. The number of primary amides is 1. The molecule has 0 saturated carbocycles. The van der Waals surface area contributed by atoms with Crippen LogP contribution in [0, 0.1) is 11.8 Å². The Balaban J connectivity index is 2.53. The predicted molar refractivity (Wildman–Crippen MR) is 91.9 cm³/mol. The number of hydrogen-bond acceptors (Lipinski definition) is 3. The quantitative estimate of drug-likeness (QED) is 0.356. The third-order valence-corrected chi connectivity index (χ3v) is 3.84. The van der Waals surface area contributed by atoms with Gasteiger partial charge in [-0.2, -0.15) is 0 Å². The maximum Gasteiger partial charge on any atom is 0.222 e. The zero-order valence-corrected chi connectivity index (χ0v) is 14.6. The second-order valence-electron chi connectivity index (χ2n) is 6.31. The summed E-state index contributed by atoms with van der Waals surface area (Å²) in [6.45, 7) is 9.36. The summed E-state index contributed by atoms with van der Waals surface area (Å²) in [5.41, 5.74) is 5.31. The zero-order chi connectivity index (χ0) is 17.2. The third-order valence-electron chi connectivity index (χ3n) is 3.84. The summed E-state index contributed by atoms with van der Waals surface area (Å²) in [7, 11) is 0. The molecule has 1 heterocycles. The maximum absolute atomic E-state index is 11.5. The highest BCUT2D eigenvalue weighted by atomic mass is 16.2. The summed E-state index contributed by atoms with van der Waals surface area (Å²) in [6, 6.07) is 0. The Kier molecular flexibility index (Phi) is 8.43. The van der Waals surface area contributed by atoms with Crippen LogP contribution in [0.3, 0.4) is 0 Å². The minimum absolute atomic E-state index is 0.0103. The summed E-state index contributed by atoms with van der Waals surface area (Å²) in [4.78, 5) is 29.4. The van der Waals surface area contributed by atoms with E-state index in [1.165, 1.54) is 0 Å². The van der Waals surface area contributed by atoms with Gasteiger partial charge in [0.15, 0.2) is 5.96 Å². The number of hydrogen-bond donors (Lipinski definition) is 3. The van der Waals surface area contributed by atoms with Crippen molar-refractivity contribution in [1.82, 2.24) is 15.5 Å². The fourth-order valence-electron chi connectivity index (χ4n) is 2.68. The van der Waals surface area contributed by atoms with Crippen molar-refractivity contribution >= 4 is 17.8 Å². The topological polar surface area (TPSA) is 99.8 Å². The molecule has 0 bridgehead atoms. The van der Waals surface area contributed by atoms with E-state index >= 15 is 0 Å². The van der Waals surface area contributed by atoms with E-state index in [0.717, 1.165) is 38.4 Å². The number of nitrogens with zero attached hydrogens (tertiary/aromatic N) is 2. The number of guanidine groups is 1. The van der Waals surface area contributed by atoms with E-state index < -0.39 is 0 Å². The van der Waals surface area contributed by atoms with E-state index in [0.29, 0.717) is 25.4 Å². The molecule has 1 aliphatic rings. The second kappa shape index (κ2) is 10.1. The first-order valence-corrected chi connectivity index (χ1v) is 8.53. The molecule has 1 fully saturated rings. The van der Waals surface area contributed by atoms with Gasteiger partial charge in [-0.3, -0.25) is 14.6 Å². The third kappa shape index (κ3) is 7.34. The lowest BCUT2D eigenvalue weighted by molar-refractivity contribution is -0.124. The van der Waals surface area contributed by atoms with Crippen LogP contribution in [0.2, 0.25) is 0 Å². The largest absolute Gasteiger partial charge is 0.370 e. The molecule has 7 nitrogen and oxygen atoms in total. The van der Waals surface area contributed by atoms with Crippen LogP contribution >= 0.6 is 0 Å². The van der Waals surface area contributed by atoms with Gasteiger partial charge in [-0.15, -0.1) is 0 Å². The Morgan fingerprint density at radius 2 is 2.09 bits per heavy atom. The summed E-state index contributed by atoms with van der Waals surface area (Å²) in [5, 5.41) is 6.15. The molecule has 0 aromatic heterocycles. The zero-order valence-electron chi connectivity index (χ0n) is 14.6. The molecule has 1 rings (SSSR count). The highest BCUT2D eigenvalue weighted by Crippen LogP contribution is 2.19. The Labute approximate surface area is 139 Å². The van der Waals surface area contributed by atoms with Gasteiger partial charge >= 0.3 is 0 Å². The molecule has 7 heteroatoms. The first-order valence-electron chi connectivity index (χ1n) is 8.53. The predicted octanol–water partition coefficient (Wildman–Crippen LogP) is 0.312. The van der Waals surface area contributed by atoms with Gasteiger partial charge in [-0.05, 0) is 25.7 Å². The summed E-state index contributed by atoms with van der Waals surface area (Å²) >= 11 is 0. The highest BCUT2D eigenvalue weighted by molar-refractivity contribution is 5.80. The minimum atomic E-state index is -0.241. The van der Waals surface area contributed by atoms with Gasteiger partial charge < -0.3 is 21.3 Å². The van der Waals surface area contributed by atoms with Crippen LogP contribution in [0.4, 0.5) is 0 Å². The molecule has 132 valence electrons. The average molecular weight is 325 g/mol. The molecule has 0 radical (unpaired) electrons. The monoisotopic (exact) mass is 325 g/mol. The lowest BCUT2D eigenvalue weighted by atomic mass is 9.95. The van der Waals surface area contributed by atoms with Crippen molar-refractivity contribution in [2.75, 3.05) is 32.7 Å². The van der Waals surface area contributed by atoms with E-state index in [4.69, 9.17) is 5.73 Å². The molecule has 1 saturated heterocycles. The normalized spacial score (nSPS) is 18.9. The number of aliphatic imine (C=N–C) groups is 1. The van der Waals surface area contributed by atoms with Gasteiger partial charge in [0.1, 0.15) is 0 Å². The number of nitrogens with two attached hydrogens (primary N) is 1. The first-order chi connectivity index (χ1) is 10.9. The summed E-state index contributed by atoms with van der Waals surface area (Å²) < 4.78 is 0. The van der Waals surface area contributed by atoms with Crippen molar-refractivity contribution in [1.29, 1.82) is 0 Å². The molecule has 0 aromatic carbocycles. The maximum atomic E-state index is 11.5. The number of likely N-dealkylation sites (tertiary alicyclic amines) is 1. The fraction of sp³-hybridized carbons (Fsp3) is 0.812. The Morgan fingerprint density at radius 3 is 2.70 bits per heavy atom. The lowest BCUT2D eigenvalue weighted by Crippen LogP contribution is -2.47. The molecule has 1 atom stereocenters. The molecule has 2 amide bonds. The fourth-order valence-corrected chi connectivity index (χ4v) is 2.68. The van der Waals surface area contributed by atoms with Crippen molar-refractivity contribution < 1.29 is 9.59 Å². The Hall–Kier alpha value is -1.79. The molecule has 23 heavy (non-hydrogen) atoms. The molecule has 1 aliphatic heterocycles. The van der Waals surface area contributed by atoms with Crippen molar-refractivity contribution in [2.45, 2.75) is 40.0 Å². The van der Waals surface area contributed by atoms with E-state index in [-0.39, 0.29) is 17.7 Å². The standard InChI is InChI=1S/C16H31N5O2/c1-4-18-16(20-8-7-19-15(23)12(2)3)21-9-5-6-13(11-21)10-14(17)22/h12-13H,4-11H2,1-3H3,(H2,17,22)(H,18,20)(H,19,23). The molecule has 0 spiro atoms. The van der Waals surface area contributed by atoms with E-state index in [1.54, 1.807) is 0 Å². The summed E-state index contributed by atoms with van der Waals surface area (Å²) in [5.74, 6) is 0.940. The number of carbonyl (C=O) groups is 2. The van der Waals surface area contributed by atoms with Gasteiger partial charge in [0, 0.05) is 38.5 Å². The highest BCUT2D eigenvalue weighted by Gasteiger charge is 2.23. The van der Waals surface area contributed by atoms with Crippen LogP contribution in [0.5, 0.6) is 0 Å². The van der Waals surface area contributed by atoms with E-state index in [2.05, 4.69) is 20.5 Å². The van der Waals surface area contributed by atoms with Gasteiger partial charge in [0.2, 0.25) is 11.8 Å². The van der Waals surface area contributed by atoms with Gasteiger partial charge in [0.05, 0.1) is 6.54 Å². The first kappa shape index (κ1) is 19.3. The molecule has 0 aliphatic carbocycles. The second-order valence-corrected chi connectivity index (χ2v) is 6.31. The van der Waals surface area contributed by atoms with Crippen molar-refractivity contribution in [3.63, 3.8) is 0 Å². The minimum Gasteiger partial charge on any atom is -0.370 e. The van der Waals surface area contributed by atoms with Crippen LogP contribution in [-0.4, -0.2) is 55.4 Å². The van der Waals surface area contributed by atoms with Crippen molar-refractivity contribution in [3.05, 3.63) is 0 Å². The average Bonchev–Trinajstić information content (AvgIpc) is 2.49. The molecular weight excluding hydrogens is 294 g/mol. The van der Waals surface area contributed by atoms with E-state index in [9.17, 15) is 9.59 Å². The van der Waals surface area contributed by atoms with Gasteiger partial charge in [-0.25, -0.2) is 0 Å². The van der Waals surface area contributed by atoms with Crippen LogP contribution in [0.25, 0.3) is 0 Å². The Morgan fingerprint density at radius 1 is 1.35 bits per heavy atom. The molecule has 1 unspecified atom stereocenters. The van der Waals surface area contributed by atoms with Crippen LogP contribution in [0.1, 0.15) is 40.0 Å². The van der Waals surface area contributed by atoms with Crippen molar-refractivity contribution in [2.24, 2.45) is 22.6 Å². The van der Waals surface area contributed by atoms with Crippen molar-refractivity contribution in [3.8, 4) is 0 Å². The van der Waals surface area contributed by atoms with Crippen LogP contribution in [0.15, 0.2) is 4.99 Å². The van der Waals surface area contributed by atoms with Gasteiger partial charge in [-0.1, -0.05) is 13.8 Å². The smallest absolute Gasteiger partial charge is 0.222 e. The number of amides is 2. The number of rotatable bonds is 7. The molecular formula is C16H31N5O2. The molecule has 4 N–H and O–H groups in total. The van der Waals surface area contributed by atoms with Gasteiger partial charge in [0.25, 0.3) is 0 Å².